The highest BCUT2D eigenvalue weighted by Gasteiger charge is 2.34. The fraction of sp³-hybridized carbons (Fsp3) is 0.389. The van der Waals surface area contributed by atoms with E-state index in [1.165, 1.54) is 6.33 Å². The van der Waals surface area contributed by atoms with Crippen molar-refractivity contribution in [3.63, 3.8) is 0 Å². The summed E-state index contributed by atoms with van der Waals surface area (Å²) in [5, 5.41) is 4.84. The molecule has 1 aromatic carbocycles. The van der Waals surface area contributed by atoms with Crippen LogP contribution in [0.5, 0.6) is 0 Å². The lowest BCUT2D eigenvalue weighted by Crippen LogP contribution is -2.34. The fourth-order valence-corrected chi connectivity index (χ4v) is 2.65. The van der Waals surface area contributed by atoms with Crippen LogP contribution in [0.2, 0.25) is 5.02 Å². The van der Waals surface area contributed by atoms with Gasteiger partial charge in [0.05, 0.1) is 0 Å². The number of aromatic nitrogens is 3. The SMILES string of the molecule is CCC=CC(C(=O)C(C)(C)Cc1ccc(Cl)cc1)n1cncn1. The molecule has 0 aliphatic carbocycles. The van der Waals surface area contributed by atoms with Crippen molar-refractivity contribution < 1.29 is 4.79 Å². The van der Waals surface area contributed by atoms with Crippen LogP contribution < -0.4 is 0 Å². The molecule has 0 saturated carbocycles. The summed E-state index contributed by atoms with van der Waals surface area (Å²) in [5.74, 6) is 0.114. The van der Waals surface area contributed by atoms with Gasteiger partial charge >= 0.3 is 0 Å². The Hall–Kier alpha value is -1.94. The van der Waals surface area contributed by atoms with Crippen molar-refractivity contribution in [3.05, 3.63) is 59.7 Å². The molecule has 1 unspecified atom stereocenters. The van der Waals surface area contributed by atoms with Crippen molar-refractivity contribution in [2.75, 3.05) is 0 Å². The highest BCUT2D eigenvalue weighted by Crippen LogP contribution is 2.29. The van der Waals surface area contributed by atoms with Gasteiger partial charge in [-0.05, 0) is 30.5 Å². The average molecular weight is 332 g/mol. The Morgan fingerprint density at radius 2 is 2.04 bits per heavy atom. The quantitative estimate of drug-likeness (QED) is 0.711. The molecule has 5 heteroatoms. The molecular weight excluding hydrogens is 310 g/mol. The third-order valence-corrected chi connectivity index (χ3v) is 4.02. The van der Waals surface area contributed by atoms with E-state index in [4.69, 9.17) is 11.6 Å². The van der Waals surface area contributed by atoms with Gasteiger partial charge in [0, 0.05) is 10.4 Å². The van der Waals surface area contributed by atoms with Crippen LogP contribution in [0.15, 0.2) is 49.1 Å². The van der Waals surface area contributed by atoms with Crippen LogP contribution in [-0.4, -0.2) is 20.5 Å². The standard InChI is InChI=1S/C18H22ClN3O/c1-4-5-6-16(22-13-20-12-21-22)17(23)18(2,3)11-14-7-9-15(19)10-8-14/h5-10,12-13,16H,4,11H2,1-3H3. The minimum absolute atomic E-state index is 0.114. The van der Waals surface area contributed by atoms with Crippen LogP contribution in [0.1, 0.15) is 38.8 Å². The fourth-order valence-electron chi connectivity index (χ4n) is 2.52. The first-order valence-electron chi connectivity index (χ1n) is 7.73. The van der Waals surface area contributed by atoms with Gasteiger partial charge in [0.1, 0.15) is 18.7 Å². The summed E-state index contributed by atoms with van der Waals surface area (Å²) >= 11 is 5.93. The number of carbonyl (C=O) groups excluding carboxylic acids is 1. The third kappa shape index (κ3) is 4.52. The zero-order valence-electron chi connectivity index (χ0n) is 13.7. The Morgan fingerprint density at radius 3 is 2.61 bits per heavy atom. The first kappa shape index (κ1) is 17.4. The van der Waals surface area contributed by atoms with Crippen LogP contribution in [-0.2, 0) is 11.2 Å². The van der Waals surface area contributed by atoms with Gasteiger partial charge in [0.2, 0.25) is 0 Å². The van der Waals surface area contributed by atoms with E-state index in [0.717, 1.165) is 12.0 Å². The highest BCUT2D eigenvalue weighted by atomic mass is 35.5. The first-order valence-corrected chi connectivity index (χ1v) is 8.11. The molecule has 0 aliphatic heterocycles. The average Bonchev–Trinajstić information content (AvgIpc) is 3.04. The number of hydrogen-bond acceptors (Lipinski definition) is 3. The van der Waals surface area contributed by atoms with Gasteiger partial charge in [-0.15, -0.1) is 0 Å². The maximum atomic E-state index is 13.1. The molecule has 122 valence electrons. The van der Waals surface area contributed by atoms with Gasteiger partial charge in [0.15, 0.2) is 5.78 Å². The van der Waals surface area contributed by atoms with E-state index in [9.17, 15) is 4.79 Å². The van der Waals surface area contributed by atoms with Crippen LogP contribution in [0.4, 0.5) is 0 Å². The molecular formula is C18H22ClN3O. The molecule has 0 radical (unpaired) electrons. The number of benzene rings is 1. The van der Waals surface area contributed by atoms with Gasteiger partial charge in [-0.1, -0.05) is 56.7 Å². The molecule has 0 amide bonds. The van der Waals surface area contributed by atoms with Gasteiger partial charge in [-0.3, -0.25) is 4.79 Å². The molecule has 0 N–H and O–H groups in total. The number of rotatable bonds is 7. The smallest absolute Gasteiger partial charge is 0.167 e. The van der Waals surface area contributed by atoms with Crippen molar-refractivity contribution in [3.8, 4) is 0 Å². The van der Waals surface area contributed by atoms with Crippen LogP contribution in [0.3, 0.4) is 0 Å². The van der Waals surface area contributed by atoms with Gasteiger partial charge in [-0.25, -0.2) is 9.67 Å². The number of hydrogen-bond donors (Lipinski definition) is 0. The van der Waals surface area contributed by atoms with Gasteiger partial charge in [-0.2, -0.15) is 5.10 Å². The topological polar surface area (TPSA) is 47.8 Å². The molecule has 0 saturated heterocycles. The predicted octanol–water partition coefficient (Wildman–Crippen LogP) is 4.28. The number of halogens is 1. The summed E-state index contributed by atoms with van der Waals surface area (Å²) < 4.78 is 1.61. The van der Waals surface area contributed by atoms with E-state index in [-0.39, 0.29) is 5.78 Å². The largest absolute Gasteiger partial charge is 0.296 e. The van der Waals surface area contributed by atoms with E-state index >= 15 is 0 Å². The summed E-state index contributed by atoms with van der Waals surface area (Å²) in [6, 6.07) is 7.19. The highest BCUT2D eigenvalue weighted by molar-refractivity contribution is 6.30. The molecule has 1 heterocycles. The number of carbonyl (C=O) groups is 1. The van der Waals surface area contributed by atoms with Crippen LogP contribution in [0, 0.1) is 5.41 Å². The Kier molecular flexibility index (Phi) is 5.72. The molecule has 1 atom stereocenters. The maximum absolute atomic E-state index is 13.1. The number of ketones is 1. The Bertz CT molecular complexity index is 660. The molecule has 0 fully saturated rings. The zero-order valence-corrected chi connectivity index (χ0v) is 14.5. The Labute approximate surface area is 142 Å². The second-order valence-electron chi connectivity index (χ2n) is 6.21. The van der Waals surface area contributed by atoms with Gasteiger partial charge < -0.3 is 0 Å². The lowest BCUT2D eigenvalue weighted by Gasteiger charge is -2.27. The van der Waals surface area contributed by atoms with Crippen molar-refractivity contribution in [1.82, 2.24) is 14.8 Å². The van der Waals surface area contributed by atoms with Crippen molar-refractivity contribution in [2.45, 2.75) is 39.7 Å². The molecule has 2 aromatic rings. The predicted molar refractivity (Wildman–Crippen MR) is 92.4 cm³/mol. The summed E-state index contributed by atoms with van der Waals surface area (Å²) in [6.45, 7) is 5.97. The minimum atomic E-state index is -0.525. The van der Waals surface area contributed by atoms with E-state index in [2.05, 4.69) is 10.1 Å². The van der Waals surface area contributed by atoms with E-state index in [1.807, 2.05) is 57.2 Å². The summed E-state index contributed by atoms with van der Waals surface area (Å²) in [5.41, 5.74) is 0.562. The molecule has 0 bridgehead atoms. The summed E-state index contributed by atoms with van der Waals surface area (Å²) in [7, 11) is 0. The van der Waals surface area contributed by atoms with Crippen LogP contribution in [0.25, 0.3) is 0 Å². The lowest BCUT2D eigenvalue weighted by molar-refractivity contribution is -0.129. The molecule has 0 aliphatic rings. The zero-order chi connectivity index (χ0) is 16.9. The number of allylic oxidation sites excluding steroid dienone is 2. The summed E-state index contributed by atoms with van der Waals surface area (Å²) in [4.78, 5) is 17.0. The van der Waals surface area contributed by atoms with E-state index in [1.54, 1.807) is 11.0 Å². The lowest BCUT2D eigenvalue weighted by atomic mass is 9.78. The normalized spacial score (nSPS) is 13.4. The summed E-state index contributed by atoms with van der Waals surface area (Å²) in [6.07, 6.45) is 8.45. The number of nitrogens with zero attached hydrogens (tertiary/aromatic N) is 3. The minimum Gasteiger partial charge on any atom is -0.296 e. The van der Waals surface area contributed by atoms with Gasteiger partial charge in [0.25, 0.3) is 0 Å². The van der Waals surface area contributed by atoms with Crippen molar-refractivity contribution in [2.24, 2.45) is 5.41 Å². The number of Topliss-reactive ketones (excluding diaryl/α,β-unsaturated/α-hetero) is 1. The molecule has 23 heavy (non-hydrogen) atoms. The van der Waals surface area contributed by atoms with E-state index < -0.39 is 11.5 Å². The Morgan fingerprint density at radius 1 is 1.35 bits per heavy atom. The molecule has 0 spiro atoms. The molecule has 4 nitrogen and oxygen atoms in total. The molecule has 2 rings (SSSR count). The van der Waals surface area contributed by atoms with Crippen LogP contribution >= 0.6 is 11.6 Å². The van der Waals surface area contributed by atoms with Crippen molar-refractivity contribution >= 4 is 17.4 Å². The Balaban J connectivity index is 2.23. The third-order valence-electron chi connectivity index (χ3n) is 3.77. The second-order valence-corrected chi connectivity index (χ2v) is 6.64. The monoisotopic (exact) mass is 331 g/mol. The first-order chi connectivity index (χ1) is 10.9. The second kappa shape index (κ2) is 7.55. The maximum Gasteiger partial charge on any atom is 0.167 e. The van der Waals surface area contributed by atoms with Crippen molar-refractivity contribution in [1.29, 1.82) is 0 Å². The molecule has 1 aromatic heterocycles. The van der Waals surface area contributed by atoms with E-state index in [0.29, 0.717) is 11.4 Å².